The van der Waals surface area contributed by atoms with E-state index in [0.717, 1.165) is 12.4 Å². The number of nitrogens with two attached hydrogens (primary N) is 1. The van der Waals surface area contributed by atoms with Gasteiger partial charge in [-0.05, 0) is 5.41 Å². The lowest BCUT2D eigenvalue weighted by Gasteiger charge is -2.27. The molecule has 1 atom stereocenters. The lowest BCUT2D eigenvalue weighted by molar-refractivity contribution is 0.331. The zero-order chi connectivity index (χ0) is 10.8. The Bertz CT molecular complexity index is 285. The van der Waals surface area contributed by atoms with Crippen molar-refractivity contribution in [3.63, 3.8) is 0 Å². The van der Waals surface area contributed by atoms with Crippen molar-refractivity contribution < 1.29 is 0 Å². The maximum Gasteiger partial charge on any atom is 0.148 e. The smallest absolute Gasteiger partial charge is 0.148 e. The maximum atomic E-state index is 6.01. The van der Waals surface area contributed by atoms with Crippen molar-refractivity contribution in [1.82, 2.24) is 9.78 Å². The summed E-state index contributed by atoms with van der Waals surface area (Å²) in [6.45, 7) is 7.16. The van der Waals surface area contributed by atoms with Crippen LogP contribution in [0.25, 0.3) is 0 Å². The van der Waals surface area contributed by atoms with Crippen LogP contribution in [0.1, 0.15) is 20.8 Å². The summed E-state index contributed by atoms with van der Waals surface area (Å²) >= 11 is 0. The van der Waals surface area contributed by atoms with Gasteiger partial charge in [-0.2, -0.15) is 5.10 Å². The lowest BCUT2D eigenvalue weighted by atomic mass is 9.87. The minimum Gasteiger partial charge on any atom is -0.367 e. The van der Waals surface area contributed by atoms with Gasteiger partial charge in [0.2, 0.25) is 0 Å². The van der Waals surface area contributed by atoms with Crippen LogP contribution in [0.2, 0.25) is 0 Å². The molecule has 1 heterocycles. The van der Waals surface area contributed by atoms with Gasteiger partial charge in [0.1, 0.15) is 5.82 Å². The maximum absolute atomic E-state index is 6.01. The van der Waals surface area contributed by atoms with Gasteiger partial charge in [-0.1, -0.05) is 20.8 Å². The molecule has 1 aromatic heterocycles. The fourth-order valence-corrected chi connectivity index (χ4v) is 1.03. The Hall–Kier alpha value is -1.03. The minimum absolute atomic E-state index is 0.127. The third-order valence-electron chi connectivity index (χ3n) is 2.33. The molecule has 0 bridgehead atoms. The quantitative estimate of drug-likeness (QED) is 0.764. The molecule has 3 N–H and O–H groups in total. The molecule has 0 aliphatic rings. The standard InChI is InChI=1S/C10H20N4/c1-10(2,3)8(11)7-12-9-5-6-14(4)13-9/h5-6,8H,7,11H2,1-4H3,(H,12,13). The fraction of sp³-hybridized carbons (Fsp3) is 0.700. The molecule has 0 saturated heterocycles. The number of nitrogens with one attached hydrogen (secondary N) is 1. The van der Waals surface area contributed by atoms with Crippen LogP contribution in [-0.4, -0.2) is 22.4 Å². The Morgan fingerprint density at radius 1 is 1.57 bits per heavy atom. The highest BCUT2D eigenvalue weighted by Gasteiger charge is 2.20. The molecule has 0 spiro atoms. The molecule has 1 unspecified atom stereocenters. The van der Waals surface area contributed by atoms with Crippen LogP contribution in [0.5, 0.6) is 0 Å². The largest absolute Gasteiger partial charge is 0.367 e. The zero-order valence-corrected chi connectivity index (χ0v) is 9.41. The van der Waals surface area contributed by atoms with Crippen molar-refractivity contribution in [1.29, 1.82) is 0 Å². The number of rotatable bonds is 3. The molecule has 0 aliphatic carbocycles. The van der Waals surface area contributed by atoms with E-state index in [1.54, 1.807) is 4.68 Å². The van der Waals surface area contributed by atoms with E-state index in [1.165, 1.54) is 0 Å². The van der Waals surface area contributed by atoms with Gasteiger partial charge in [-0.3, -0.25) is 4.68 Å². The molecule has 0 aliphatic heterocycles. The van der Waals surface area contributed by atoms with Gasteiger partial charge >= 0.3 is 0 Å². The second-order valence-electron chi connectivity index (χ2n) is 4.73. The van der Waals surface area contributed by atoms with E-state index < -0.39 is 0 Å². The molecule has 0 fully saturated rings. The molecule has 0 amide bonds. The molecule has 1 rings (SSSR count). The van der Waals surface area contributed by atoms with E-state index in [9.17, 15) is 0 Å². The van der Waals surface area contributed by atoms with E-state index in [0.29, 0.717) is 0 Å². The monoisotopic (exact) mass is 196 g/mol. The molecule has 4 heteroatoms. The predicted molar refractivity (Wildman–Crippen MR) is 59.1 cm³/mol. The lowest BCUT2D eigenvalue weighted by Crippen LogP contribution is -2.40. The van der Waals surface area contributed by atoms with Gasteiger partial charge in [0.05, 0.1) is 0 Å². The van der Waals surface area contributed by atoms with Crippen LogP contribution in [-0.2, 0) is 7.05 Å². The Kier molecular flexibility index (Phi) is 3.16. The van der Waals surface area contributed by atoms with E-state index >= 15 is 0 Å². The van der Waals surface area contributed by atoms with Gasteiger partial charge in [0, 0.05) is 31.9 Å². The minimum atomic E-state index is 0.127. The highest BCUT2D eigenvalue weighted by atomic mass is 15.3. The van der Waals surface area contributed by atoms with Crippen LogP contribution in [0, 0.1) is 5.41 Å². The molecular formula is C10H20N4. The highest BCUT2D eigenvalue weighted by Crippen LogP contribution is 2.17. The fourth-order valence-electron chi connectivity index (χ4n) is 1.03. The molecule has 0 radical (unpaired) electrons. The highest BCUT2D eigenvalue weighted by molar-refractivity contribution is 5.32. The van der Waals surface area contributed by atoms with Crippen molar-refractivity contribution >= 4 is 5.82 Å². The second-order valence-corrected chi connectivity index (χ2v) is 4.73. The summed E-state index contributed by atoms with van der Waals surface area (Å²) in [6.07, 6.45) is 1.91. The Balaban J connectivity index is 2.41. The van der Waals surface area contributed by atoms with Crippen LogP contribution in [0.3, 0.4) is 0 Å². The zero-order valence-electron chi connectivity index (χ0n) is 9.41. The molecular weight excluding hydrogens is 176 g/mol. The third kappa shape index (κ3) is 3.03. The Morgan fingerprint density at radius 2 is 2.21 bits per heavy atom. The summed E-state index contributed by atoms with van der Waals surface area (Å²) in [5.41, 5.74) is 6.14. The average molecular weight is 196 g/mol. The average Bonchev–Trinajstić information content (AvgIpc) is 2.45. The Morgan fingerprint density at radius 3 is 2.64 bits per heavy atom. The predicted octanol–water partition coefficient (Wildman–Crippen LogP) is 1.21. The van der Waals surface area contributed by atoms with Gasteiger partial charge in [-0.15, -0.1) is 0 Å². The van der Waals surface area contributed by atoms with Gasteiger partial charge in [-0.25, -0.2) is 0 Å². The topological polar surface area (TPSA) is 55.9 Å². The first-order valence-corrected chi connectivity index (χ1v) is 4.88. The van der Waals surface area contributed by atoms with Crippen LogP contribution in [0.4, 0.5) is 5.82 Å². The van der Waals surface area contributed by atoms with Gasteiger partial charge in [0.25, 0.3) is 0 Å². The number of anilines is 1. The van der Waals surface area contributed by atoms with E-state index in [4.69, 9.17) is 5.73 Å². The normalized spacial score (nSPS) is 14.1. The summed E-state index contributed by atoms with van der Waals surface area (Å²) in [7, 11) is 1.90. The number of nitrogens with zero attached hydrogens (tertiary/aromatic N) is 2. The van der Waals surface area contributed by atoms with E-state index in [2.05, 4.69) is 31.2 Å². The van der Waals surface area contributed by atoms with Crippen LogP contribution in [0.15, 0.2) is 12.3 Å². The number of aromatic nitrogens is 2. The van der Waals surface area contributed by atoms with Gasteiger partial charge in [0.15, 0.2) is 0 Å². The number of hydrogen-bond donors (Lipinski definition) is 2. The van der Waals surface area contributed by atoms with Crippen LogP contribution >= 0.6 is 0 Å². The van der Waals surface area contributed by atoms with Gasteiger partial charge < -0.3 is 11.1 Å². The van der Waals surface area contributed by atoms with Crippen molar-refractivity contribution in [2.75, 3.05) is 11.9 Å². The molecule has 4 nitrogen and oxygen atoms in total. The van der Waals surface area contributed by atoms with E-state index in [-0.39, 0.29) is 11.5 Å². The number of aryl methyl sites for hydroxylation is 1. The summed E-state index contributed by atoms with van der Waals surface area (Å²) in [5, 5.41) is 7.43. The number of hydrogen-bond acceptors (Lipinski definition) is 3. The first-order chi connectivity index (χ1) is 6.39. The van der Waals surface area contributed by atoms with Crippen LogP contribution < -0.4 is 11.1 Å². The van der Waals surface area contributed by atoms with Crippen molar-refractivity contribution in [2.45, 2.75) is 26.8 Å². The summed E-state index contributed by atoms with van der Waals surface area (Å²) in [6, 6.07) is 2.07. The third-order valence-corrected chi connectivity index (χ3v) is 2.33. The summed E-state index contributed by atoms with van der Waals surface area (Å²) in [5.74, 6) is 0.882. The molecule has 1 aromatic rings. The Labute approximate surface area is 85.5 Å². The summed E-state index contributed by atoms with van der Waals surface area (Å²) in [4.78, 5) is 0. The van der Waals surface area contributed by atoms with E-state index in [1.807, 2.05) is 19.3 Å². The molecule has 0 saturated carbocycles. The van der Waals surface area contributed by atoms with Crippen molar-refractivity contribution in [3.8, 4) is 0 Å². The first kappa shape index (κ1) is 11.0. The summed E-state index contributed by atoms with van der Waals surface area (Å²) < 4.78 is 1.77. The van der Waals surface area contributed by atoms with Crippen molar-refractivity contribution in [2.24, 2.45) is 18.2 Å². The first-order valence-electron chi connectivity index (χ1n) is 4.88. The second kappa shape index (κ2) is 4.00. The van der Waals surface area contributed by atoms with Crippen molar-refractivity contribution in [3.05, 3.63) is 12.3 Å². The molecule has 80 valence electrons. The molecule has 14 heavy (non-hydrogen) atoms. The SMILES string of the molecule is Cn1ccc(NCC(N)C(C)(C)C)n1. The molecule has 0 aromatic carbocycles.